The van der Waals surface area contributed by atoms with Crippen LogP contribution in [0.3, 0.4) is 0 Å². The minimum Gasteiger partial charge on any atom is -0.493 e. The van der Waals surface area contributed by atoms with Gasteiger partial charge in [-0.3, -0.25) is 4.79 Å². The maximum atomic E-state index is 12.5. The number of carbonyl (C=O) groups excluding carboxylic acids is 1. The van der Waals surface area contributed by atoms with Crippen LogP contribution < -0.4 is 10.1 Å². The van der Waals surface area contributed by atoms with Crippen LogP contribution in [-0.2, 0) is 0 Å². The number of likely N-dealkylation sites (tertiary alicyclic amines) is 1. The molecule has 3 aromatic rings. The molecule has 5 rings (SSSR count). The summed E-state index contributed by atoms with van der Waals surface area (Å²) >= 11 is 0. The molecule has 1 N–H and O–H groups in total. The number of nitriles is 1. The van der Waals surface area contributed by atoms with Crippen molar-refractivity contribution < 1.29 is 9.53 Å². The van der Waals surface area contributed by atoms with Gasteiger partial charge in [-0.1, -0.05) is 42.5 Å². The van der Waals surface area contributed by atoms with E-state index in [9.17, 15) is 10.1 Å². The average Bonchev–Trinajstić information content (AvgIpc) is 3.32. The number of nitrogens with one attached hydrogen (secondary N) is 1. The normalized spacial score (nSPS) is 18.9. The molecule has 2 heterocycles. The summed E-state index contributed by atoms with van der Waals surface area (Å²) in [6.07, 6.45) is 1.99. The highest BCUT2D eigenvalue weighted by atomic mass is 16.5. The Bertz CT molecular complexity index is 1180. The molecule has 1 amide bonds. The van der Waals surface area contributed by atoms with Gasteiger partial charge >= 0.3 is 0 Å². The van der Waals surface area contributed by atoms with Gasteiger partial charge in [0.2, 0.25) is 0 Å². The van der Waals surface area contributed by atoms with Crippen LogP contribution >= 0.6 is 0 Å². The zero-order valence-electron chi connectivity index (χ0n) is 19.2. The number of hydrogen-bond acceptors (Lipinski definition) is 4. The molecule has 1 saturated heterocycles. The van der Waals surface area contributed by atoms with Gasteiger partial charge in [0.25, 0.3) is 5.91 Å². The first-order chi connectivity index (χ1) is 16.7. The fraction of sp³-hybridized carbons (Fsp3) is 0.310. The molecule has 0 unspecified atom stereocenters. The Morgan fingerprint density at radius 2 is 1.79 bits per heavy atom. The molecule has 5 heteroatoms. The van der Waals surface area contributed by atoms with Gasteiger partial charge in [0.15, 0.2) is 0 Å². The second kappa shape index (κ2) is 10.1. The van der Waals surface area contributed by atoms with Gasteiger partial charge in [-0.05, 0) is 60.8 Å². The number of nitrogens with zero attached hydrogens (tertiary/aromatic N) is 2. The second-order valence-electron chi connectivity index (χ2n) is 9.21. The summed E-state index contributed by atoms with van der Waals surface area (Å²) in [6, 6.07) is 26.0. The summed E-state index contributed by atoms with van der Waals surface area (Å²) in [6.45, 7) is 4.48. The Balaban J connectivity index is 1.06. The first-order valence-corrected chi connectivity index (χ1v) is 12.0. The van der Waals surface area contributed by atoms with E-state index in [0.717, 1.165) is 56.0 Å². The van der Waals surface area contributed by atoms with Crippen LogP contribution in [0.15, 0.2) is 72.8 Å². The summed E-state index contributed by atoms with van der Waals surface area (Å²) in [7, 11) is 0. The van der Waals surface area contributed by atoms with Crippen LogP contribution in [-0.4, -0.2) is 43.6 Å². The van der Waals surface area contributed by atoms with Crippen molar-refractivity contribution in [3.8, 4) is 22.9 Å². The van der Waals surface area contributed by atoms with Crippen LogP contribution in [0, 0.1) is 17.2 Å². The number of benzene rings is 3. The molecule has 0 saturated carbocycles. The average molecular weight is 452 g/mol. The lowest BCUT2D eigenvalue weighted by molar-refractivity contribution is 0.0952. The summed E-state index contributed by atoms with van der Waals surface area (Å²) in [5.41, 5.74) is 4.84. The molecule has 0 radical (unpaired) electrons. The van der Waals surface area contributed by atoms with Gasteiger partial charge in [-0.25, -0.2) is 0 Å². The third kappa shape index (κ3) is 4.83. The zero-order valence-corrected chi connectivity index (χ0v) is 19.2. The third-order valence-electron chi connectivity index (χ3n) is 6.95. The fourth-order valence-corrected chi connectivity index (χ4v) is 5.11. The van der Waals surface area contributed by atoms with Gasteiger partial charge in [0, 0.05) is 42.6 Å². The molecule has 2 aliphatic rings. The van der Waals surface area contributed by atoms with Crippen LogP contribution in [0.4, 0.5) is 0 Å². The molecule has 0 spiro atoms. The predicted molar refractivity (Wildman–Crippen MR) is 133 cm³/mol. The van der Waals surface area contributed by atoms with Crippen molar-refractivity contribution in [2.45, 2.75) is 18.8 Å². The maximum Gasteiger partial charge on any atom is 0.251 e. The van der Waals surface area contributed by atoms with Gasteiger partial charge < -0.3 is 15.0 Å². The third-order valence-corrected chi connectivity index (χ3v) is 6.95. The number of fused-ring (bicyclic) bond motifs is 3. The molecule has 0 aromatic heterocycles. The molecule has 1 fully saturated rings. The minimum atomic E-state index is -0.0196. The van der Waals surface area contributed by atoms with Crippen molar-refractivity contribution in [3.63, 3.8) is 0 Å². The lowest BCUT2D eigenvalue weighted by Gasteiger charge is -2.27. The number of hydrogen-bond donors (Lipinski definition) is 1. The standard InChI is InChI=1S/C29H29N3O2/c30-17-21-8-13-28-26(16-21)27-19-32(18-25(27)20-34-28)15-5-4-14-31-29(33)24-11-9-23(10-12-24)22-6-2-1-3-7-22/h1-3,6-13,16,25,27H,4-5,14-15,18-20H2,(H,31,33)/t25-,27-/m1/s1. The number of amides is 1. The maximum absolute atomic E-state index is 12.5. The van der Waals surface area contributed by atoms with Gasteiger partial charge in [0.05, 0.1) is 18.2 Å². The highest BCUT2D eigenvalue weighted by molar-refractivity contribution is 5.94. The largest absolute Gasteiger partial charge is 0.493 e. The van der Waals surface area contributed by atoms with Crippen molar-refractivity contribution in [3.05, 3.63) is 89.5 Å². The summed E-state index contributed by atoms with van der Waals surface area (Å²) in [5.74, 6) is 1.84. The van der Waals surface area contributed by atoms with Crippen molar-refractivity contribution in [2.75, 3.05) is 32.8 Å². The Morgan fingerprint density at radius 3 is 2.59 bits per heavy atom. The van der Waals surface area contributed by atoms with E-state index < -0.39 is 0 Å². The topological polar surface area (TPSA) is 65.4 Å². The SMILES string of the molecule is N#Cc1ccc2c(c1)[C@@H]1CN(CCCCNC(=O)c3ccc(-c4ccccc4)cc3)C[C@@H]1CO2. The summed E-state index contributed by atoms with van der Waals surface area (Å²) in [4.78, 5) is 15.0. The highest BCUT2D eigenvalue weighted by Crippen LogP contribution is 2.41. The van der Waals surface area contributed by atoms with Gasteiger partial charge in [0.1, 0.15) is 5.75 Å². The Morgan fingerprint density at radius 1 is 1.00 bits per heavy atom. The van der Waals surface area contributed by atoms with E-state index in [-0.39, 0.29) is 5.91 Å². The smallest absolute Gasteiger partial charge is 0.251 e. The summed E-state index contributed by atoms with van der Waals surface area (Å²) < 4.78 is 5.95. The van der Waals surface area contributed by atoms with Crippen molar-refractivity contribution in [1.82, 2.24) is 10.2 Å². The zero-order chi connectivity index (χ0) is 23.3. The molecule has 34 heavy (non-hydrogen) atoms. The Hall–Kier alpha value is -3.62. The van der Waals surface area contributed by atoms with E-state index in [1.165, 1.54) is 5.56 Å². The quantitative estimate of drug-likeness (QED) is 0.522. The monoisotopic (exact) mass is 451 g/mol. The predicted octanol–water partition coefficient (Wildman–Crippen LogP) is 4.84. The Labute approximate surface area is 201 Å². The first-order valence-electron chi connectivity index (χ1n) is 12.0. The molecular formula is C29H29N3O2. The van der Waals surface area contributed by atoms with E-state index >= 15 is 0 Å². The first kappa shape index (κ1) is 22.2. The number of carbonyl (C=O) groups is 1. The van der Waals surface area contributed by atoms with E-state index in [1.54, 1.807) is 0 Å². The van der Waals surface area contributed by atoms with Crippen LogP contribution in [0.5, 0.6) is 5.75 Å². The van der Waals surface area contributed by atoms with Gasteiger partial charge in [-0.15, -0.1) is 0 Å². The van der Waals surface area contributed by atoms with E-state index in [2.05, 4.69) is 28.4 Å². The lowest BCUT2D eigenvalue weighted by atomic mass is 9.86. The van der Waals surface area contributed by atoms with Crippen LogP contribution in [0.25, 0.3) is 11.1 Å². The summed E-state index contributed by atoms with van der Waals surface area (Å²) in [5, 5.41) is 12.3. The molecule has 2 aliphatic heterocycles. The molecule has 0 bridgehead atoms. The van der Waals surface area contributed by atoms with E-state index in [1.807, 2.05) is 60.7 Å². The molecule has 5 nitrogen and oxygen atoms in total. The van der Waals surface area contributed by atoms with Crippen molar-refractivity contribution in [1.29, 1.82) is 5.26 Å². The number of rotatable bonds is 7. The van der Waals surface area contributed by atoms with Crippen LogP contribution in [0.2, 0.25) is 0 Å². The van der Waals surface area contributed by atoms with Crippen molar-refractivity contribution >= 4 is 5.91 Å². The molecule has 0 aliphatic carbocycles. The highest BCUT2D eigenvalue weighted by Gasteiger charge is 2.38. The molecule has 172 valence electrons. The number of unbranched alkanes of at least 4 members (excludes halogenated alkanes) is 1. The fourth-order valence-electron chi connectivity index (χ4n) is 5.11. The van der Waals surface area contributed by atoms with E-state index in [0.29, 0.717) is 29.5 Å². The molecular weight excluding hydrogens is 422 g/mol. The van der Waals surface area contributed by atoms with E-state index in [4.69, 9.17) is 4.74 Å². The molecule has 2 atom stereocenters. The lowest BCUT2D eigenvalue weighted by Crippen LogP contribution is -2.27. The minimum absolute atomic E-state index is 0.0196. The second-order valence-corrected chi connectivity index (χ2v) is 9.21. The Kier molecular flexibility index (Phi) is 6.60. The van der Waals surface area contributed by atoms with Crippen molar-refractivity contribution in [2.24, 2.45) is 5.92 Å². The van der Waals surface area contributed by atoms with Crippen LogP contribution in [0.1, 0.15) is 40.2 Å². The number of ether oxygens (including phenoxy) is 1. The van der Waals surface area contributed by atoms with Gasteiger partial charge in [-0.2, -0.15) is 5.26 Å². The molecule has 3 aromatic carbocycles.